The Kier molecular flexibility index (Phi) is 5.13. The number of hydrogen-bond acceptors (Lipinski definition) is 5. The van der Waals surface area contributed by atoms with Crippen molar-refractivity contribution in [1.82, 2.24) is 5.32 Å². The van der Waals surface area contributed by atoms with E-state index in [2.05, 4.69) is 10.2 Å². The summed E-state index contributed by atoms with van der Waals surface area (Å²) in [6.45, 7) is 12.5. The van der Waals surface area contributed by atoms with Gasteiger partial charge in [-0.2, -0.15) is 0 Å². The monoisotopic (exact) mass is 426 g/mol. The summed E-state index contributed by atoms with van der Waals surface area (Å²) in [7, 11) is 0. The molecule has 2 aromatic rings. The van der Waals surface area contributed by atoms with Crippen molar-refractivity contribution in [2.24, 2.45) is 0 Å². The zero-order valence-electron chi connectivity index (χ0n) is 17.3. The molecule has 2 heterocycles. The maximum atomic E-state index is 14.6. The van der Waals surface area contributed by atoms with E-state index in [-0.39, 0.29) is 34.3 Å². The lowest BCUT2D eigenvalue weighted by Gasteiger charge is -2.31. The number of rotatable bonds is 3. The van der Waals surface area contributed by atoms with E-state index in [0.29, 0.717) is 11.4 Å². The molecule has 0 saturated heterocycles. The van der Waals surface area contributed by atoms with Gasteiger partial charge in [-0.05, 0) is 46.1 Å². The Balaban J connectivity index is 2.00. The van der Waals surface area contributed by atoms with Crippen LogP contribution in [-0.2, 0) is 9.53 Å². The predicted octanol–water partition coefficient (Wildman–Crippen LogP) is 4.59. The first-order valence-corrected chi connectivity index (χ1v) is 9.92. The maximum absolute atomic E-state index is 14.6. The van der Waals surface area contributed by atoms with E-state index in [1.165, 1.54) is 6.92 Å². The Hall–Kier alpha value is -3.47. The fourth-order valence-electron chi connectivity index (χ4n) is 4.03. The van der Waals surface area contributed by atoms with Gasteiger partial charge in [-0.1, -0.05) is 0 Å². The summed E-state index contributed by atoms with van der Waals surface area (Å²) >= 11 is 0. The van der Waals surface area contributed by atoms with Crippen LogP contribution in [0, 0.1) is 25.1 Å². The number of esters is 1. The lowest BCUT2D eigenvalue weighted by molar-refractivity contribution is -0.148. The standard InChI is InChI=1S/C23H20F2N2O4/c1-10-8-16(28)19-20(25)15(24)9-14(22(19)30-10)18-17(23(29)31-13-6-5-7-13)11(2)27-12(3)21(18)26-4/h8-9,13,18,27H,5-7H2,1-3H3. The number of nitrogens with one attached hydrogen (secondary N) is 1. The summed E-state index contributed by atoms with van der Waals surface area (Å²) in [5.74, 6) is -4.10. The lowest BCUT2D eigenvalue weighted by atomic mass is 9.83. The molecule has 0 spiro atoms. The molecule has 4 rings (SSSR count). The number of aryl methyl sites for hydroxylation is 1. The summed E-state index contributed by atoms with van der Waals surface area (Å²) in [4.78, 5) is 29.1. The molecule has 160 valence electrons. The van der Waals surface area contributed by atoms with Crippen molar-refractivity contribution in [1.29, 1.82) is 0 Å². The van der Waals surface area contributed by atoms with Crippen LogP contribution in [0.4, 0.5) is 8.78 Å². The zero-order chi connectivity index (χ0) is 22.4. The fourth-order valence-corrected chi connectivity index (χ4v) is 4.03. The fraction of sp³-hybridized carbons (Fsp3) is 0.348. The molecule has 1 aromatic carbocycles. The van der Waals surface area contributed by atoms with Gasteiger partial charge in [0.1, 0.15) is 22.8 Å². The maximum Gasteiger partial charge on any atom is 0.335 e. The third-order valence-corrected chi connectivity index (χ3v) is 5.75. The predicted molar refractivity (Wildman–Crippen MR) is 109 cm³/mol. The number of fused-ring (bicyclic) bond motifs is 1. The van der Waals surface area contributed by atoms with E-state index in [9.17, 15) is 18.4 Å². The van der Waals surface area contributed by atoms with Crippen LogP contribution in [0.2, 0.25) is 0 Å². The summed E-state index contributed by atoms with van der Waals surface area (Å²) in [5.41, 5.74) is 0.225. The SMILES string of the molecule is [C-]#[N+]C1=C(C)NC(C)=C(C(=O)OC2CCC2)C1c1cc(F)c(F)c2c(=O)cc(C)oc12. The Morgan fingerprint density at radius 3 is 2.55 bits per heavy atom. The van der Waals surface area contributed by atoms with Gasteiger partial charge in [-0.15, -0.1) is 0 Å². The van der Waals surface area contributed by atoms with Crippen LogP contribution < -0.4 is 10.7 Å². The molecule has 1 unspecified atom stereocenters. The van der Waals surface area contributed by atoms with Crippen molar-refractivity contribution in [2.75, 3.05) is 0 Å². The molecule has 8 heteroatoms. The first-order valence-electron chi connectivity index (χ1n) is 9.92. The Morgan fingerprint density at radius 2 is 1.94 bits per heavy atom. The number of allylic oxidation sites excluding steroid dienone is 3. The van der Waals surface area contributed by atoms with Crippen LogP contribution in [-0.4, -0.2) is 12.1 Å². The molecule has 1 N–H and O–H groups in total. The number of benzene rings is 1. The van der Waals surface area contributed by atoms with Crippen molar-refractivity contribution in [3.8, 4) is 0 Å². The van der Waals surface area contributed by atoms with E-state index in [1.54, 1.807) is 13.8 Å². The number of carbonyl (C=O) groups excluding carboxylic acids is 1. The van der Waals surface area contributed by atoms with Gasteiger partial charge in [0, 0.05) is 23.0 Å². The summed E-state index contributed by atoms with van der Waals surface area (Å²) < 4.78 is 40.3. The number of carbonyl (C=O) groups is 1. The highest BCUT2D eigenvalue weighted by molar-refractivity contribution is 5.95. The molecule has 0 radical (unpaired) electrons. The first-order chi connectivity index (χ1) is 14.7. The molecule has 31 heavy (non-hydrogen) atoms. The minimum Gasteiger partial charge on any atom is -0.461 e. The van der Waals surface area contributed by atoms with Crippen molar-refractivity contribution in [3.05, 3.63) is 79.4 Å². The molecule has 0 bridgehead atoms. The molecular formula is C23H20F2N2O4. The molecular weight excluding hydrogens is 406 g/mol. The van der Waals surface area contributed by atoms with Gasteiger partial charge in [-0.3, -0.25) is 4.79 Å². The van der Waals surface area contributed by atoms with Crippen molar-refractivity contribution in [3.63, 3.8) is 0 Å². The zero-order valence-corrected chi connectivity index (χ0v) is 17.3. The van der Waals surface area contributed by atoms with Gasteiger partial charge in [0.15, 0.2) is 22.8 Å². The van der Waals surface area contributed by atoms with Crippen LogP contribution in [0.5, 0.6) is 0 Å². The molecule has 1 atom stereocenters. The second-order valence-electron chi connectivity index (χ2n) is 7.86. The molecule has 0 amide bonds. The first kappa shape index (κ1) is 20.8. The van der Waals surface area contributed by atoms with E-state index in [0.717, 1.165) is 31.4 Å². The number of halogens is 2. The van der Waals surface area contributed by atoms with Gasteiger partial charge < -0.3 is 14.5 Å². The van der Waals surface area contributed by atoms with Gasteiger partial charge in [0.2, 0.25) is 0 Å². The topological polar surface area (TPSA) is 72.9 Å². The molecule has 1 fully saturated rings. The Bertz CT molecular complexity index is 1280. The van der Waals surface area contributed by atoms with E-state index in [4.69, 9.17) is 15.7 Å². The smallest absolute Gasteiger partial charge is 0.335 e. The van der Waals surface area contributed by atoms with Crippen molar-refractivity contribution < 1.29 is 22.7 Å². The minimum atomic E-state index is -1.33. The summed E-state index contributed by atoms with van der Waals surface area (Å²) in [5, 5.41) is 2.45. The normalized spacial score (nSPS) is 19.2. The highest BCUT2D eigenvalue weighted by Crippen LogP contribution is 2.43. The van der Waals surface area contributed by atoms with Crippen LogP contribution in [0.1, 0.15) is 50.4 Å². The second kappa shape index (κ2) is 7.65. The molecule has 1 aromatic heterocycles. The quantitative estimate of drug-likeness (QED) is 0.574. The number of hydrogen-bond donors (Lipinski definition) is 1. The number of dihydropyridines is 1. The van der Waals surface area contributed by atoms with Crippen LogP contribution >= 0.6 is 0 Å². The van der Waals surface area contributed by atoms with Gasteiger partial charge in [0.05, 0.1) is 18.1 Å². The Morgan fingerprint density at radius 1 is 1.23 bits per heavy atom. The van der Waals surface area contributed by atoms with E-state index in [1.807, 2.05) is 0 Å². The molecule has 2 aliphatic rings. The van der Waals surface area contributed by atoms with Gasteiger partial charge in [0.25, 0.3) is 0 Å². The molecule has 1 saturated carbocycles. The third-order valence-electron chi connectivity index (χ3n) is 5.75. The summed E-state index contributed by atoms with van der Waals surface area (Å²) in [6, 6.07) is 1.96. The van der Waals surface area contributed by atoms with E-state index >= 15 is 0 Å². The molecule has 6 nitrogen and oxygen atoms in total. The Labute approximate surface area is 177 Å². The van der Waals surface area contributed by atoms with E-state index < -0.39 is 34.3 Å². The minimum absolute atomic E-state index is 0.0291. The molecule has 1 aliphatic carbocycles. The summed E-state index contributed by atoms with van der Waals surface area (Å²) in [6.07, 6.45) is 2.26. The lowest BCUT2D eigenvalue weighted by Crippen LogP contribution is -2.32. The highest BCUT2D eigenvalue weighted by Gasteiger charge is 2.38. The van der Waals surface area contributed by atoms with Crippen LogP contribution in [0.25, 0.3) is 15.8 Å². The van der Waals surface area contributed by atoms with Crippen LogP contribution in [0.3, 0.4) is 0 Å². The average Bonchev–Trinajstić information content (AvgIpc) is 2.66. The van der Waals surface area contributed by atoms with Gasteiger partial charge >= 0.3 is 5.97 Å². The highest BCUT2D eigenvalue weighted by atomic mass is 19.2. The number of ether oxygens (including phenoxy) is 1. The second-order valence-corrected chi connectivity index (χ2v) is 7.86. The molecule has 1 aliphatic heterocycles. The van der Waals surface area contributed by atoms with Gasteiger partial charge in [-0.25, -0.2) is 18.4 Å². The third kappa shape index (κ3) is 3.40. The van der Waals surface area contributed by atoms with Crippen LogP contribution in [0.15, 0.2) is 44.0 Å². The largest absolute Gasteiger partial charge is 0.461 e. The number of nitrogens with zero attached hydrogens (tertiary/aromatic N) is 1. The van der Waals surface area contributed by atoms with Crippen molar-refractivity contribution >= 4 is 16.9 Å². The average molecular weight is 426 g/mol. The van der Waals surface area contributed by atoms with Crippen molar-refractivity contribution in [2.45, 2.75) is 52.1 Å².